The van der Waals surface area contributed by atoms with Crippen LogP contribution in [-0.2, 0) is 14.3 Å². The molecule has 0 radical (unpaired) electrons. The maximum absolute atomic E-state index is 13.9. The molecule has 2 aliphatic heterocycles. The van der Waals surface area contributed by atoms with E-state index < -0.39 is 17.7 Å². The van der Waals surface area contributed by atoms with Crippen molar-refractivity contribution < 1.29 is 23.9 Å². The van der Waals surface area contributed by atoms with Crippen molar-refractivity contribution in [3.05, 3.63) is 95.3 Å². The van der Waals surface area contributed by atoms with Gasteiger partial charge < -0.3 is 29.7 Å². The molecule has 0 unspecified atom stereocenters. The van der Waals surface area contributed by atoms with Gasteiger partial charge in [-0.05, 0) is 89.2 Å². The van der Waals surface area contributed by atoms with Crippen LogP contribution in [0.4, 0.5) is 9.59 Å². The molecule has 2 aromatic carbocycles. The molecule has 4 aromatic rings. The third-order valence-corrected chi connectivity index (χ3v) is 11.0. The van der Waals surface area contributed by atoms with Crippen LogP contribution in [0, 0.1) is 0 Å². The van der Waals surface area contributed by atoms with Gasteiger partial charge in [0, 0.05) is 36.5 Å². The topological polar surface area (TPSA) is 146 Å². The Bertz CT molecular complexity index is 1870. The highest BCUT2D eigenvalue weighted by atomic mass is 16.6. The molecule has 2 aromatic heterocycles. The second-order valence-corrected chi connectivity index (χ2v) is 15.6. The van der Waals surface area contributed by atoms with Gasteiger partial charge in [-0.2, -0.15) is 0 Å². The van der Waals surface area contributed by atoms with Crippen LogP contribution in [-0.4, -0.2) is 73.6 Å². The number of nitrogens with zero attached hydrogens (tertiary/aromatic N) is 4. The van der Waals surface area contributed by atoms with E-state index in [1.807, 2.05) is 73.3 Å². The van der Waals surface area contributed by atoms with Crippen LogP contribution >= 0.6 is 0 Å². The van der Waals surface area contributed by atoms with Gasteiger partial charge in [0.05, 0.1) is 31.1 Å². The number of hydrogen-bond donors (Lipinski definition) is 3. The number of carbonyl (C=O) groups is 3. The smallest absolute Gasteiger partial charge is 0.410 e. The van der Waals surface area contributed by atoms with Crippen molar-refractivity contribution in [3.8, 4) is 11.4 Å². The lowest BCUT2D eigenvalue weighted by Gasteiger charge is -2.29. The molecule has 53 heavy (non-hydrogen) atoms. The minimum atomic E-state index is -0.847. The Morgan fingerprint density at radius 2 is 1.45 bits per heavy atom. The molecular formula is C41H51N7O5. The molecule has 12 nitrogen and oxygen atoms in total. The highest BCUT2D eigenvalue weighted by Crippen LogP contribution is 2.41. The average molecular weight is 722 g/mol. The molecule has 3 aliphatic rings. The minimum Gasteiger partial charge on any atom is -0.453 e. The lowest BCUT2D eigenvalue weighted by molar-refractivity contribution is -0.134. The number of aromatic nitrogens is 4. The van der Waals surface area contributed by atoms with Crippen LogP contribution in [0.5, 0.6) is 0 Å². The standard InChI is InChI=1S/C41H51N7O5/c1-41(2,3)53-40(51)48-23-9-13-34(48)37-43-24-31(44-37)28-18-14-26(15-19-28)27-16-20-30(21-17-27)36-42-25-32(45-36)33-12-8-22-47(33)38(49)35(46-39(50)52-4)29-10-6-5-7-11-29/h5-7,10-11,16-17,20-21,24-26,28,33-35H,8-9,12-15,18-19,22-23H2,1-4H3,(H,42,45)(H,43,44)(H,46,50)/t26?,28?,33-,34-,35-/m1/s1. The fraction of sp³-hybridized carbons (Fsp3) is 0.488. The number of methoxy groups -OCH3 is 1. The second kappa shape index (κ2) is 15.5. The van der Waals surface area contributed by atoms with E-state index in [1.54, 1.807) is 0 Å². The number of aromatic amines is 2. The first-order valence-electron chi connectivity index (χ1n) is 19.0. The predicted molar refractivity (Wildman–Crippen MR) is 200 cm³/mol. The number of ether oxygens (including phenoxy) is 2. The van der Waals surface area contributed by atoms with Gasteiger partial charge in [0.2, 0.25) is 5.91 Å². The molecular weight excluding hydrogens is 670 g/mol. The molecule has 0 bridgehead atoms. The van der Waals surface area contributed by atoms with Gasteiger partial charge >= 0.3 is 12.2 Å². The summed E-state index contributed by atoms with van der Waals surface area (Å²) in [4.78, 5) is 59.1. The van der Waals surface area contributed by atoms with Gasteiger partial charge in [-0.15, -0.1) is 0 Å². The average Bonchev–Trinajstić information content (AvgIpc) is 4.00. The SMILES string of the molecule is COC(=O)N[C@@H](C(=O)N1CCC[C@@H]1c1cnc(-c2ccc(C3CCC(c4cnc([C@H]5CCCN5C(=O)OC(C)(C)C)[nH]4)CC3)cc2)[nH]1)c1ccccc1. The highest BCUT2D eigenvalue weighted by Gasteiger charge is 2.37. The Balaban J connectivity index is 0.958. The third-order valence-electron chi connectivity index (χ3n) is 11.0. The molecule has 12 heteroatoms. The van der Waals surface area contributed by atoms with Crippen molar-refractivity contribution in [2.45, 2.75) is 108 Å². The molecule has 3 N–H and O–H groups in total. The number of amides is 3. The van der Waals surface area contributed by atoms with Crippen molar-refractivity contribution in [3.63, 3.8) is 0 Å². The number of alkyl carbamates (subject to hydrolysis) is 1. The van der Waals surface area contributed by atoms with Gasteiger partial charge in [-0.25, -0.2) is 19.6 Å². The molecule has 3 atom stereocenters. The van der Waals surface area contributed by atoms with E-state index in [4.69, 9.17) is 19.4 Å². The second-order valence-electron chi connectivity index (χ2n) is 15.6. The molecule has 1 saturated carbocycles. The first-order chi connectivity index (χ1) is 25.6. The molecule has 280 valence electrons. The van der Waals surface area contributed by atoms with Crippen molar-refractivity contribution >= 4 is 18.1 Å². The van der Waals surface area contributed by atoms with Crippen LogP contribution in [0.25, 0.3) is 11.4 Å². The summed E-state index contributed by atoms with van der Waals surface area (Å²) in [5.74, 6) is 2.37. The molecule has 3 fully saturated rings. The van der Waals surface area contributed by atoms with Crippen LogP contribution in [0.1, 0.15) is 130 Å². The molecule has 2 saturated heterocycles. The Labute approximate surface area is 311 Å². The zero-order chi connectivity index (χ0) is 37.1. The number of nitrogens with one attached hydrogen (secondary N) is 3. The van der Waals surface area contributed by atoms with Gasteiger partial charge in [0.1, 0.15) is 23.3 Å². The number of imidazole rings is 2. The minimum absolute atomic E-state index is 0.0689. The summed E-state index contributed by atoms with van der Waals surface area (Å²) in [6.07, 6.45) is 10.7. The fourth-order valence-corrected chi connectivity index (χ4v) is 8.25. The molecule has 4 heterocycles. The predicted octanol–water partition coefficient (Wildman–Crippen LogP) is 8.07. The van der Waals surface area contributed by atoms with Crippen LogP contribution in [0.3, 0.4) is 0 Å². The first-order valence-corrected chi connectivity index (χ1v) is 19.0. The van der Waals surface area contributed by atoms with Gasteiger partial charge in [-0.1, -0.05) is 54.6 Å². The number of H-pyrrole nitrogens is 2. The maximum Gasteiger partial charge on any atom is 0.410 e. The van der Waals surface area contributed by atoms with E-state index in [1.165, 1.54) is 12.7 Å². The third kappa shape index (κ3) is 8.11. The van der Waals surface area contributed by atoms with E-state index in [9.17, 15) is 14.4 Å². The van der Waals surface area contributed by atoms with Crippen molar-refractivity contribution in [1.82, 2.24) is 35.1 Å². The first kappa shape index (κ1) is 36.2. The highest BCUT2D eigenvalue weighted by molar-refractivity contribution is 5.87. The summed E-state index contributed by atoms with van der Waals surface area (Å²) in [6, 6.07) is 16.9. The lowest BCUT2D eigenvalue weighted by atomic mass is 9.77. The zero-order valence-corrected chi connectivity index (χ0v) is 31.1. The van der Waals surface area contributed by atoms with Gasteiger partial charge in [0.15, 0.2) is 0 Å². The normalized spacial score (nSPS) is 22.4. The summed E-state index contributed by atoms with van der Waals surface area (Å²) in [6.45, 7) is 6.97. The van der Waals surface area contributed by atoms with E-state index in [0.717, 1.165) is 80.0 Å². The van der Waals surface area contributed by atoms with Crippen molar-refractivity contribution in [2.75, 3.05) is 20.2 Å². The number of hydrogen-bond acceptors (Lipinski definition) is 7. The van der Waals surface area contributed by atoms with E-state index in [2.05, 4.69) is 39.6 Å². The van der Waals surface area contributed by atoms with Gasteiger partial charge in [-0.3, -0.25) is 9.69 Å². The summed E-state index contributed by atoms with van der Waals surface area (Å²) in [5.41, 5.74) is 4.55. The Morgan fingerprint density at radius 3 is 2.15 bits per heavy atom. The van der Waals surface area contributed by atoms with Crippen LogP contribution in [0.2, 0.25) is 0 Å². The Hall–Kier alpha value is -5.13. The molecule has 1 aliphatic carbocycles. The van der Waals surface area contributed by atoms with Crippen LogP contribution < -0.4 is 5.32 Å². The van der Waals surface area contributed by atoms with E-state index in [0.29, 0.717) is 30.5 Å². The maximum atomic E-state index is 13.9. The number of carbonyl (C=O) groups excluding carboxylic acids is 3. The summed E-state index contributed by atoms with van der Waals surface area (Å²) in [5, 5.41) is 2.73. The largest absolute Gasteiger partial charge is 0.453 e. The quantitative estimate of drug-likeness (QED) is 0.167. The van der Waals surface area contributed by atoms with E-state index >= 15 is 0 Å². The molecule has 3 amide bonds. The zero-order valence-electron chi connectivity index (χ0n) is 31.1. The van der Waals surface area contributed by atoms with Crippen LogP contribution in [0.15, 0.2) is 67.0 Å². The number of benzene rings is 2. The number of likely N-dealkylation sites (tertiary alicyclic amines) is 2. The summed E-state index contributed by atoms with van der Waals surface area (Å²) < 4.78 is 10.5. The van der Waals surface area contributed by atoms with Gasteiger partial charge in [0.25, 0.3) is 0 Å². The fourth-order valence-electron chi connectivity index (χ4n) is 8.25. The summed E-state index contributed by atoms with van der Waals surface area (Å²) >= 11 is 0. The molecule has 0 spiro atoms. The summed E-state index contributed by atoms with van der Waals surface area (Å²) in [7, 11) is 1.29. The number of rotatable bonds is 8. The molecule has 7 rings (SSSR count). The lowest BCUT2D eigenvalue weighted by Crippen LogP contribution is -2.42. The Kier molecular flexibility index (Phi) is 10.6. The van der Waals surface area contributed by atoms with E-state index in [-0.39, 0.29) is 24.1 Å². The van der Waals surface area contributed by atoms with Crippen molar-refractivity contribution in [1.29, 1.82) is 0 Å². The monoisotopic (exact) mass is 721 g/mol. The van der Waals surface area contributed by atoms with Crippen molar-refractivity contribution in [2.24, 2.45) is 0 Å². The Morgan fingerprint density at radius 1 is 0.792 bits per heavy atom.